The Bertz CT molecular complexity index is 1280. The summed E-state index contributed by atoms with van der Waals surface area (Å²) < 4.78 is 16.5. The molecule has 4 aromatic rings. The van der Waals surface area contributed by atoms with E-state index in [4.69, 9.17) is 25.8 Å². The maximum atomic E-state index is 11.5. The molecule has 0 aliphatic carbocycles. The van der Waals surface area contributed by atoms with Gasteiger partial charge in [0.25, 0.3) is 0 Å². The van der Waals surface area contributed by atoms with Crippen molar-refractivity contribution in [1.82, 2.24) is 15.0 Å². The number of aryl methyl sites for hydroxylation is 1. The minimum Gasteiger partial charge on any atom is -0.491 e. The molecule has 0 atom stereocenters. The molecular weight excluding hydrogens is 486 g/mol. The molecule has 182 valence electrons. The Hall–Kier alpha value is -3.23. The highest BCUT2D eigenvalue weighted by Crippen LogP contribution is 2.28. The normalized spacial score (nSPS) is 10.9. The fraction of sp³-hybridized carbons (Fsp3) is 0.269. The molecule has 0 spiro atoms. The van der Waals surface area contributed by atoms with Crippen molar-refractivity contribution in [2.24, 2.45) is 0 Å². The third-order valence-electron chi connectivity index (χ3n) is 5.04. The van der Waals surface area contributed by atoms with Gasteiger partial charge < -0.3 is 14.2 Å². The number of rotatable bonds is 11. The van der Waals surface area contributed by atoms with Crippen molar-refractivity contribution in [3.05, 3.63) is 71.2 Å². The molecule has 0 bridgehead atoms. The number of carbonyl (C=O) groups excluding carboxylic acids is 1. The lowest BCUT2D eigenvalue weighted by Crippen LogP contribution is -2.14. The molecule has 35 heavy (non-hydrogen) atoms. The van der Waals surface area contributed by atoms with Gasteiger partial charge in [-0.2, -0.15) is 0 Å². The van der Waals surface area contributed by atoms with Gasteiger partial charge in [-0.05, 0) is 74.4 Å². The number of hydrogen-bond donors (Lipinski definition) is 0. The van der Waals surface area contributed by atoms with Crippen LogP contribution >= 0.6 is 23.4 Å². The molecule has 0 saturated heterocycles. The summed E-state index contributed by atoms with van der Waals surface area (Å²) in [6.45, 7) is 4.53. The quantitative estimate of drug-likeness (QED) is 0.141. The van der Waals surface area contributed by atoms with Crippen LogP contribution in [-0.4, -0.2) is 46.5 Å². The number of thioether (sulfide) groups is 1. The van der Waals surface area contributed by atoms with Gasteiger partial charge in [0.05, 0.1) is 13.2 Å². The van der Waals surface area contributed by atoms with Crippen LogP contribution in [-0.2, 0) is 9.53 Å². The Balaban J connectivity index is 1.29. The zero-order valence-electron chi connectivity index (χ0n) is 19.6. The maximum Gasteiger partial charge on any atom is 0.344 e. The summed E-state index contributed by atoms with van der Waals surface area (Å²) >= 11 is 7.97. The molecule has 0 saturated carbocycles. The van der Waals surface area contributed by atoms with Gasteiger partial charge in [-0.25, -0.2) is 4.79 Å². The van der Waals surface area contributed by atoms with E-state index in [2.05, 4.69) is 16.3 Å². The minimum atomic E-state index is -0.370. The Labute approximate surface area is 213 Å². The van der Waals surface area contributed by atoms with Crippen molar-refractivity contribution in [3.8, 4) is 17.2 Å². The van der Waals surface area contributed by atoms with E-state index in [1.54, 1.807) is 35.6 Å². The molecule has 0 unspecified atom stereocenters. The molecule has 0 radical (unpaired) electrons. The number of hydrogen-bond acceptors (Lipinski definition) is 7. The molecule has 0 aliphatic rings. The van der Waals surface area contributed by atoms with Crippen molar-refractivity contribution in [1.29, 1.82) is 0 Å². The van der Waals surface area contributed by atoms with Gasteiger partial charge in [0.2, 0.25) is 0 Å². The first-order chi connectivity index (χ1) is 17.0. The summed E-state index contributed by atoms with van der Waals surface area (Å²) in [6.07, 6.45) is 0.849. The van der Waals surface area contributed by atoms with E-state index in [0.717, 1.165) is 33.7 Å². The van der Waals surface area contributed by atoms with Crippen LogP contribution in [0.1, 0.15) is 18.9 Å². The van der Waals surface area contributed by atoms with Crippen LogP contribution in [0.4, 0.5) is 0 Å². The van der Waals surface area contributed by atoms with E-state index >= 15 is 0 Å². The second kappa shape index (κ2) is 12.0. The van der Waals surface area contributed by atoms with Gasteiger partial charge in [-0.15, -0.1) is 26.8 Å². The van der Waals surface area contributed by atoms with Crippen molar-refractivity contribution in [2.75, 3.05) is 25.6 Å². The summed E-state index contributed by atoms with van der Waals surface area (Å²) in [7, 11) is 0. The Morgan fingerprint density at radius 1 is 1.00 bits per heavy atom. The van der Waals surface area contributed by atoms with Crippen LogP contribution < -0.4 is 9.47 Å². The number of halogens is 1. The largest absolute Gasteiger partial charge is 0.491 e. The highest BCUT2D eigenvalue weighted by molar-refractivity contribution is 7.99. The average Bonchev–Trinajstić information content (AvgIpc) is 3.28. The third kappa shape index (κ3) is 6.68. The molecule has 0 amide bonds. The predicted molar refractivity (Wildman–Crippen MR) is 138 cm³/mol. The highest BCUT2D eigenvalue weighted by Gasteiger charge is 2.12. The third-order valence-corrected chi connectivity index (χ3v) is 6.35. The van der Waals surface area contributed by atoms with Gasteiger partial charge >= 0.3 is 5.97 Å². The van der Waals surface area contributed by atoms with Crippen molar-refractivity contribution in [2.45, 2.75) is 25.2 Å². The summed E-state index contributed by atoms with van der Waals surface area (Å²) in [5.74, 6) is 1.88. The lowest BCUT2D eigenvalue weighted by Gasteiger charge is -2.12. The second-order valence-corrected chi connectivity index (χ2v) is 9.27. The van der Waals surface area contributed by atoms with Crippen LogP contribution in [0.2, 0.25) is 5.02 Å². The Morgan fingerprint density at radius 2 is 1.74 bits per heavy atom. The zero-order chi connectivity index (χ0) is 24.6. The Morgan fingerprint density at radius 3 is 2.46 bits per heavy atom. The molecule has 3 aromatic carbocycles. The lowest BCUT2D eigenvalue weighted by molar-refractivity contribution is -0.145. The molecular formula is C26H26ClN3O4S. The molecule has 1 heterocycles. The zero-order valence-corrected chi connectivity index (χ0v) is 21.1. The van der Waals surface area contributed by atoms with E-state index in [-0.39, 0.29) is 12.6 Å². The smallest absolute Gasteiger partial charge is 0.344 e. The number of benzene rings is 3. The molecule has 0 aliphatic heterocycles. The van der Waals surface area contributed by atoms with Gasteiger partial charge in [0, 0.05) is 15.7 Å². The summed E-state index contributed by atoms with van der Waals surface area (Å²) in [5.41, 5.74) is 3.29. The van der Waals surface area contributed by atoms with E-state index in [1.807, 2.05) is 49.4 Å². The molecule has 4 rings (SSSR count). The van der Waals surface area contributed by atoms with Gasteiger partial charge in [0.1, 0.15) is 28.2 Å². The van der Waals surface area contributed by atoms with Crippen molar-refractivity contribution < 1.29 is 19.0 Å². The minimum absolute atomic E-state index is 0.0880. The van der Waals surface area contributed by atoms with Crippen LogP contribution in [0.25, 0.3) is 16.7 Å². The number of fused-ring (bicyclic) bond motifs is 1. The van der Waals surface area contributed by atoms with Crippen molar-refractivity contribution in [3.63, 3.8) is 0 Å². The number of nitrogens with zero attached hydrogens (tertiary/aromatic N) is 3. The molecule has 0 fully saturated rings. The number of carbonyl (C=O) groups is 1. The first-order valence-corrected chi connectivity index (χ1v) is 12.7. The number of ether oxygens (including phenoxy) is 3. The van der Waals surface area contributed by atoms with Gasteiger partial charge in [0.15, 0.2) is 6.61 Å². The lowest BCUT2D eigenvalue weighted by atomic mass is 10.2. The van der Waals surface area contributed by atoms with E-state index < -0.39 is 0 Å². The second-order valence-electron chi connectivity index (χ2n) is 7.66. The van der Waals surface area contributed by atoms with E-state index in [1.165, 1.54) is 0 Å². The van der Waals surface area contributed by atoms with E-state index in [0.29, 0.717) is 35.4 Å². The fourth-order valence-corrected chi connectivity index (χ4v) is 4.47. The summed E-state index contributed by atoms with van der Waals surface area (Å²) in [4.78, 5) is 14.2. The monoisotopic (exact) mass is 511 g/mol. The number of aromatic nitrogens is 3. The van der Waals surface area contributed by atoms with Gasteiger partial charge in [-0.1, -0.05) is 23.7 Å². The predicted octanol–water partition coefficient (Wildman–Crippen LogP) is 5.89. The number of esters is 1. The van der Waals surface area contributed by atoms with Crippen molar-refractivity contribution >= 4 is 40.4 Å². The maximum absolute atomic E-state index is 11.5. The topological polar surface area (TPSA) is 75.5 Å². The SMILES string of the molecule is CCOC(=O)COc1ccc(SCCCOc2ccc(Cl)cc2-n2nc3ccccc3n2)cc1C. The van der Waals surface area contributed by atoms with E-state index in [9.17, 15) is 4.79 Å². The van der Waals surface area contributed by atoms with Crippen LogP contribution in [0, 0.1) is 6.92 Å². The highest BCUT2D eigenvalue weighted by atomic mass is 35.5. The van der Waals surface area contributed by atoms with Crippen LogP contribution in [0.15, 0.2) is 65.6 Å². The molecule has 7 nitrogen and oxygen atoms in total. The first kappa shape index (κ1) is 24.9. The fourth-order valence-electron chi connectivity index (χ4n) is 3.38. The van der Waals surface area contributed by atoms with Gasteiger partial charge in [-0.3, -0.25) is 0 Å². The summed E-state index contributed by atoms with van der Waals surface area (Å²) in [5, 5.41) is 9.68. The average molecular weight is 512 g/mol. The first-order valence-electron chi connectivity index (χ1n) is 11.3. The molecule has 9 heteroatoms. The molecule has 0 N–H and O–H groups in total. The standard InChI is InChI=1S/C26H26ClN3O4S/c1-3-32-26(31)17-34-24-12-10-20(15-18(24)2)35-14-6-13-33-25-11-9-19(27)16-23(25)30-28-21-7-4-5-8-22(21)29-30/h4-5,7-12,15-16H,3,6,13-14,17H2,1-2H3. The summed E-state index contributed by atoms with van der Waals surface area (Å²) in [6, 6.07) is 19.1. The van der Waals surface area contributed by atoms with Crippen LogP contribution in [0.5, 0.6) is 11.5 Å². The molecule has 1 aromatic heterocycles. The van der Waals surface area contributed by atoms with Crippen LogP contribution in [0.3, 0.4) is 0 Å². The Kier molecular flexibility index (Phi) is 8.50.